The van der Waals surface area contributed by atoms with Crippen LogP contribution in [0.2, 0.25) is 0 Å². The van der Waals surface area contributed by atoms with E-state index >= 15 is 0 Å². The molecule has 1 aliphatic rings. The number of aromatic nitrogens is 2. The largest absolute Gasteiger partial charge is 0.497 e. The van der Waals surface area contributed by atoms with Crippen LogP contribution < -0.4 is 9.47 Å². The van der Waals surface area contributed by atoms with E-state index in [4.69, 9.17) is 14.5 Å². The Kier molecular flexibility index (Phi) is 6.18. The molecule has 0 bridgehead atoms. The lowest BCUT2D eigenvalue weighted by atomic mass is 9.89. The molecular formula is C25H30N2O2. The molecular weight excluding hydrogens is 360 g/mol. The maximum absolute atomic E-state index is 5.58. The van der Waals surface area contributed by atoms with Gasteiger partial charge in [0.1, 0.15) is 17.3 Å². The number of nitrogens with zero attached hydrogens (tertiary/aromatic N) is 2. The molecule has 0 radical (unpaired) electrons. The highest BCUT2D eigenvalue weighted by atomic mass is 16.5. The van der Waals surface area contributed by atoms with Crippen molar-refractivity contribution in [2.24, 2.45) is 5.92 Å². The fourth-order valence-corrected chi connectivity index (χ4v) is 4.31. The first-order valence-electron chi connectivity index (χ1n) is 10.6. The molecule has 0 unspecified atom stereocenters. The molecule has 0 atom stereocenters. The fraction of sp³-hybridized carbons (Fsp3) is 0.400. The molecule has 0 amide bonds. The third-order valence-electron chi connectivity index (χ3n) is 5.94. The number of methoxy groups -OCH3 is 2. The van der Waals surface area contributed by atoms with Crippen molar-refractivity contribution in [3.8, 4) is 22.8 Å². The highest BCUT2D eigenvalue weighted by Crippen LogP contribution is 2.31. The molecule has 4 heteroatoms. The molecule has 1 fully saturated rings. The second kappa shape index (κ2) is 9.17. The summed E-state index contributed by atoms with van der Waals surface area (Å²) in [6.07, 6.45) is 9.76. The van der Waals surface area contributed by atoms with Crippen LogP contribution in [0.3, 0.4) is 0 Å². The average Bonchev–Trinajstić information content (AvgIpc) is 3.17. The Labute approximate surface area is 173 Å². The van der Waals surface area contributed by atoms with Crippen molar-refractivity contribution in [1.82, 2.24) is 9.55 Å². The van der Waals surface area contributed by atoms with Crippen molar-refractivity contribution in [3.63, 3.8) is 0 Å². The standard InChI is InChI=1S/C25H30N2O2/c1-28-21-14-12-19(13-15-21)16-25-26-23(22-10-6-7-11-24(22)29-2)18-27(25)17-20-8-4-3-5-9-20/h6-7,10-15,18,20H,3-5,8-9,16-17H2,1-2H3. The van der Waals surface area contributed by atoms with Crippen molar-refractivity contribution in [2.45, 2.75) is 45.1 Å². The summed E-state index contributed by atoms with van der Waals surface area (Å²) in [6.45, 7) is 1.05. The normalized spacial score (nSPS) is 14.7. The highest BCUT2D eigenvalue weighted by molar-refractivity contribution is 5.66. The Morgan fingerprint density at radius 3 is 2.41 bits per heavy atom. The number of imidazole rings is 1. The molecule has 0 N–H and O–H groups in total. The summed E-state index contributed by atoms with van der Waals surface area (Å²) in [5.41, 5.74) is 3.28. The lowest BCUT2D eigenvalue weighted by Gasteiger charge is -2.22. The summed E-state index contributed by atoms with van der Waals surface area (Å²) < 4.78 is 13.3. The maximum atomic E-state index is 5.58. The molecule has 4 rings (SSSR count). The Bertz CT molecular complexity index is 924. The smallest absolute Gasteiger partial charge is 0.128 e. The first-order chi connectivity index (χ1) is 14.3. The molecule has 0 aliphatic heterocycles. The summed E-state index contributed by atoms with van der Waals surface area (Å²) in [5.74, 6) is 3.61. The first-order valence-corrected chi connectivity index (χ1v) is 10.6. The van der Waals surface area contributed by atoms with E-state index in [0.29, 0.717) is 0 Å². The Morgan fingerprint density at radius 2 is 1.69 bits per heavy atom. The topological polar surface area (TPSA) is 36.3 Å². The molecule has 2 aromatic carbocycles. The number of hydrogen-bond acceptors (Lipinski definition) is 3. The van der Waals surface area contributed by atoms with Gasteiger partial charge in [-0.05, 0) is 48.6 Å². The van der Waals surface area contributed by atoms with Gasteiger partial charge >= 0.3 is 0 Å². The first kappa shape index (κ1) is 19.6. The SMILES string of the molecule is COc1ccc(Cc2nc(-c3ccccc3OC)cn2CC2CCCCC2)cc1. The predicted octanol–water partition coefficient (Wildman–Crippen LogP) is 5.74. The Balaban J connectivity index is 1.65. The van der Waals surface area contributed by atoms with E-state index in [2.05, 4.69) is 29.0 Å². The number of benzene rings is 2. The van der Waals surface area contributed by atoms with Crippen LogP contribution in [0.5, 0.6) is 11.5 Å². The van der Waals surface area contributed by atoms with Crippen LogP contribution in [-0.2, 0) is 13.0 Å². The third-order valence-corrected chi connectivity index (χ3v) is 5.94. The zero-order valence-corrected chi connectivity index (χ0v) is 17.4. The minimum absolute atomic E-state index is 0.748. The van der Waals surface area contributed by atoms with E-state index < -0.39 is 0 Å². The monoisotopic (exact) mass is 390 g/mol. The molecule has 152 valence electrons. The minimum Gasteiger partial charge on any atom is -0.497 e. The Morgan fingerprint density at radius 1 is 0.931 bits per heavy atom. The molecule has 4 nitrogen and oxygen atoms in total. The van der Waals surface area contributed by atoms with E-state index in [1.807, 2.05) is 30.3 Å². The summed E-state index contributed by atoms with van der Waals surface area (Å²) in [4.78, 5) is 5.04. The van der Waals surface area contributed by atoms with E-state index in [0.717, 1.165) is 47.5 Å². The van der Waals surface area contributed by atoms with Gasteiger partial charge in [-0.15, -0.1) is 0 Å². The van der Waals surface area contributed by atoms with Gasteiger partial charge in [0.15, 0.2) is 0 Å². The predicted molar refractivity (Wildman–Crippen MR) is 117 cm³/mol. The maximum Gasteiger partial charge on any atom is 0.128 e. The molecule has 1 heterocycles. The highest BCUT2D eigenvalue weighted by Gasteiger charge is 2.18. The van der Waals surface area contributed by atoms with Crippen molar-refractivity contribution >= 4 is 0 Å². The van der Waals surface area contributed by atoms with Crippen LogP contribution in [0.1, 0.15) is 43.5 Å². The van der Waals surface area contributed by atoms with Crippen LogP contribution >= 0.6 is 0 Å². The Hall–Kier alpha value is -2.75. The summed E-state index contributed by atoms with van der Waals surface area (Å²) in [6, 6.07) is 16.4. The van der Waals surface area contributed by atoms with Crippen molar-refractivity contribution in [1.29, 1.82) is 0 Å². The van der Waals surface area contributed by atoms with Gasteiger partial charge in [0.2, 0.25) is 0 Å². The van der Waals surface area contributed by atoms with Crippen LogP contribution in [0.15, 0.2) is 54.7 Å². The van der Waals surface area contributed by atoms with Gasteiger partial charge in [-0.2, -0.15) is 0 Å². The number of ether oxygens (including phenoxy) is 2. The van der Waals surface area contributed by atoms with Crippen molar-refractivity contribution < 1.29 is 9.47 Å². The summed E-state index contributed by atoms with van der Waals surface area (Å²) >= 11 is 0. The van der Waals surface area contributed by atoms with Crippen LogP contribution in [0.4, 0.5) is 0 Å². The number of hydrogen-bond donors (Lipinski definition) is 0. The summed E-state index contributed by atoms with van der Waals surface area (Å²) in [7, 11) is 3.42. The average molecular weight is 391 g/mol. The van der Waals surface area contributed by atoms with Gasteiger partial charge in [0, 0.05) is 24.7 Å². The number of rotatable bonds is 7. The number of para-hydroxylation sites is 1. The quantitative estimate of drug-likeness (QED) is 0.516. The second-order valence-electron chi connectivity index (χ2n) is 7.92. The molecule has 3 aromatic rings. The zero-order chi connectivity index (χ0) is 20.1. The van der Waals surface area contributed by atoms with Crippen molar-refractivity contribution in [3.05, 3.63) is 66.1 Å². The molecule has 0 spiro atoms. The third kappa shape index (κ3) is 4.64. The molecule has 29 heavy (non-hydrogen) atoms. The van der Waals surface area contributed by atoms with Crippen LogP contribution in [0, 0.1) is 5.92 Å². The van der Waals surface area contributed by atoms with Gasteiger partial charge in [-0.25, -0.2) is 4.98 Å². The van der Waals surface area contributed by atoms with Gasteiger partial charge in [0.05, 0.1) is 19.9 Å². The fourth-order valence-electron chi connectivity index (χ4n) is 4.31. The van der Waals surface area contributed by atoms with Crippen LogP contribution in [-0.4, -0.2) is 23.8 Å². The van der Waals surface area contributed by atoms with Crippen LogP contribution in [0.25, 0.3) is 11.3 Å². The lowest BCUT2D eigenvalue weighted by molar-refractivity contribution is 0.316. The molecule has 1 aliphatic carbocycles. The second-order valence-corrected chi connectivity index (χ2v) is 7.92. The molecule has 1 aromatic heterocycles. The zero-order valence-electron chi connectivity index (χ0n) is 17.4. The van der Waals surface area contributed by atoms with E-state index in [9.17, 15) is 0 Å². The molecule has 0 saturated heterocycles. The van der Waals surface area contributed by atoms with Crippen molar-refractivity contribution in [2.75, 3.05) is 14.2 Å². The van der Waals surface area contributed by atoms with E-state index in [1.54, 1.807) is 14.2 Å². The summed E-state index contributed by atoms with van der Waals surface area (Å²) in [5, 5.41) is 0. The van der Waals surface area contributed by atoms with Gasteiger partial charge in [-0.3, -0.25) is 0 Å². The minimum atomic E-state index is 0.748. The molecule has 1 saturated carbocycles. The van der Waals surface area contributed by atoms with E-state index in [1.165, 1.54) is 37.7 Å². The van der Waals surface area contributed by atoms with Gasteiger partial charge < -0.3 is 14.0 Å². The van der Waals surface area contributed by atoms with Gasteiger partial charge in [0.25, 0.3) is 0 Å². The van der Waals surface area contributed by atoms with E-state index in [-0.39, 0.29) is 0 Å². The lowest BCUT2D eigenvalue weighted by Crippen LogP contribution is -2.15. The van der Waals surface area contributed by atoms with Gasteiger partial charge in [-0.1, -0.05) is 43.5 Å².